The van der Waals surface area contributed by atoms with Gasteiger partial charge in [0.1, 0.15) is 17.0 Å². The zero-order valence-electron chi connectivity index (χ0n) is 23.1. The number of carbonyl (C=O) groups excluding carboxylic acids is 1. The number of methoxy groups -OCH3 is 1. The maximum Gasteiger partial charge on any atom is 0.376 e. The first kappa shape index (κ1) is 26.5. The molecular weight excluding hydrogens is 483 g/mol. The van der Waals surface area contributed by atoms with E-state index in [1.807, 2.05) is 13.8 Å². The molecule has 1 N–H and O–H groups in total. The third-order valence-electron chi connectivity index (χ3n) is 8.50. The van der Waals surface area contributed by atoms with E-state index in [1.165, 1.54) is 45.4 Å². The van der Waals surface area contributed by atoms with Crippen LogP contribution in [0.15, 0.2) is 12.3 Å². The van der Waals surface area contributed by atoms with E-state index in [9.17, 15) is 9.18 Å². The lowest BCUT2D eigenvalue weighted by molar-refractivity contribution is 0.0587. The zero-order chi connectivity index (χ0) is 27.0. The summed E-state index contributed by atoms with van der Waals surface area (Å²) in [5, 5.41) is 3.59. The molecule has 0 saturated heterocycles. The molecule has 3 heterocycles. The van der Waals surface area contributed by atoms with Gasteiger partial charge in [0.2, 0.25) is 5.82 Å². The molecule has 1 atom stereocenters. The molecule has 8 nitrogen and oxygen atoms in total. The van der Waals surface area contributed by atoms with Crippen LogP contribution in [0.2, 0.25) is 0 Å². The van der Waals surface area contributed by atoms with Gasteiger partial charge >= 0.3 is 5.97 Å². The van der Waals surface area contributed by atoms with E-state index < -0.39 is 5.97 Å². The molecule has 9 heteroatoms. The number of anilines is 1. The maximum absolute atomic E-state index is 14.6. The normalized spacial score (nSPS) is 20.9. The number of rotatable bonds is 8. The van der Waals surface area contributed by atoms with Gasteiger partial charge in [-0.3, -0.25) is 0 Å². The Labute approximate surface area is 223 Å². The number of nitrogens with zero attached hydrogens (tertiary/aromatic N) is 5. The van der Waals surface area contributed by atoms with E-state index >= 15 is 0 Å². The third-order valence-corrected chi connectivity index (χ3v) is 8.50. The summed E-state index contributed by atoms with van der Waals surface area (Å²) in [6, 6.07) is 1.98. The molecule has 2 saturated carbocycles. The van der Waals surface area contributed by atoms with Crippen LogP contribution >= 0.6 is 0 Å². The van der Waals surface area contributed by atoms with Crippen molar-refractivity contribution in [2.45, 2.75) is 91.1 Å². The average molecular weight is 523 g/mol. The van der Waals surface area contributed by atoms with Crippen LogP contribution in [-0.2, 0) is 11.3 Å². The molecule has 5 rings (SSSR count). The Kier molecular flexibility index (Phi) is 7.63. The van der Waals surface area contributed by atoms with E-state index in [2.05, 4.69) is 38.7 Å². The second-order valence-electron chi connectivity index (χ2n) is 11.6. The molecule has 0 unspecified atom stereocenters. The smallest absolute Gasteiger partial charge is 0.376 e. The summed E-state index contributed by atoms with van der Waals surface area (Å²) >= 11 is 0. The first-order valence-corrected chi connectivity index (χ1v) is 14.0. The van der Waals surface area contributed by atoms with Gasteiger partial charge in [0.25, 0.3) is 0 Å². The highest BCUT2D eigenvalue weighted by atomic mass is 19.1. The summed E-state index contributed by atoms with van der Waals surface area (Å²) < 4.78 is 21.7. The van der Waals surface area contributed by atoms with Crippen LogP contribution in [0.1, 0.15) is 94.7 Å². The van der Waals surface area contributed by atoms with Crippen molar-refractivity contribution in [1.29, 1.82) is 0 Å². The number of aromatic nitrogens is 5. The summed E-state index contributed by atoms with van der Waals surface area (Å²) in [5.74, 6) is 2.03. The highest BCUT2D eigenvalue weighted by molar-refractivity contribution is 5.92. The molecular formula is C29H39FN6O2. The largest absolute Gasteiger partial charge is 0.463 e. The number of nitrogens with one attached hydrogen (secondary N) is 1. The van der Waals surface area contributed by atoms with Gasteiger partial charge in [-0.25, -0.2) is 29.1 Å². The Balaban J connectivity index is 1.68. The Bertz CT molecular complexity index is 1310. The summed E-state index contributed by atoms with van der Waals surface area (Å²) in [4.78, 5) is 31.0. The van der Waals surface area contributed by atoms with E-state index in [1.54, 1.807) is 6.07 Å². The van der Waals surface area contributed by atoms with Crippen molar-refractivity contribution in [3.63, 3.8) is 0 Å². The monoisotopic (exact) mass is 522 g/mol. The molecule has 0 aromatic carbocycles. The Morgan fingerprint density at radius 2 is 1.87 bits per heavy atom. The highest BCUT2D eigenvalue weighted by Crippen LogP contribution is 2.36. The molecule has 2 aliphatic carbocycles. The number of hydrogen-bond donors (Lipinski definition) is 1. The van der Waals surface area contributed by atoms with Gasteiger partial charge in [-0.05, 0) is 67.9 Å². The lowest BCUT2D eigenvalue weighted by Gasteiger charge is -2.32. The van der Waals surface area contributed by atoms with Gasteiger partial charge in [0.15, 0.2) is 17.3 Å². The molecule has 3 aromatic rings. The molecule has 0 aliphatic heterocycles. The van der Waals surface area contributed by atoms with Crippen LogP contribution in [-0.4, -0.2) is 43.6 Å². The molecule has 0 spiro atoms. The molecule has 38 heavy (non-hydrogen) atoms. The average Bonchev–Trinajstić information content (AvgIpc) is 3.22. The number of halogens is 1. The number of esters is 1. The van der Waals surface area contributed by atoms with Crippen molar-refractivity contribution in [1.82, 2.24) is 24.5 Å². The minimum Gasteiger partial charge on any atom is -0.463 e. The quantitative estimate of drug-likeness (QED) is 0.344. The summed E-state index contributed by atoms with van der Waals surface area (Å²) in [7, 11) is 1.32. The van der Waals surface area contributed by atoms with Gasteiger partial charge in [0.05, 0.1) is 13.3 Å². The second kappa shape index (κ2) is 10.9. The van der Waals surface area contributed by atoms with Gasteiger partial charge in [-0.15, -0.1) is 0 Å². The molecule has 2 fully saturated rings. The SMILES string of the molecule is COC(=O)c1nc(N[C@H](C)C2CCC2)c2c(n1)nc(-c1cc(C(C)C)c(F)cn1)n2CC1CCC(C)CC1. The molecule has 2 aliphatic rings. The van der Waals surface area contributed by atoms with E-state index in [0.717, 1.165) is 30.8 Å². The van der Waals surface area contributed by atoms with Crippen LogP contribution in [0.3, 0.4) is 0 Å². The highest BCUT2D eigenvalue weighted by Gasteiger charge is 2.29. The third kappa shape index (κ3) is 5.24. The Hall–Kier alpha value is -3.10. The fraction of sp³-hybridized carbons (Fsp3) is 0.621. The lowest BCUT2D eigenvalue weighted by atomic mass is 9.80. The number of pyridine rings is 1. The summed E-state index contributed by atoms with van der Waals surface area (Å²) in [6.07, 6.45) is 9.54. The van der Waals surface area contributed by atoms with E-state index in [4.69, 9.17) is 9.72 Å². The maximum atomic E-state index is 14.6. The first-order valence-electron chi connectivity index (χ1n) is 14.0. The van der Waals surface area contributed by atoms with Gasteiger partial charge in [-0.2, -0.15) is 0 Å². The Morgan fingerprint density at radius 1 is 1.13 bits per heavy atom. The van der Waals surface area contributed by atoms with Gasteiger partial charge in [-0.1, -0.05) is 40.0 Å². The van der Waals surface area contributed by atoms with Crippen LogP contribution in [0.5, 0.6) is 0 Å². The molecule has 3 aromatic heterocycles. The molecule has 0 amide bonds. The molecule has 204 valence electrons. The van der Waals surface area contributed by atoms with Crippen molar-refractivity contribution >= 4 is 23.0 Å². The standard InChI is InChI=1S/C29H39FN6O2/c1-16(2)21-13-23(31-14-22(21)30)28-35-26-24(36(28)15-19-11-9-17(3)10-12-19)25(32-18(4)20-7-6-8-20)33-27(34-26)29(37)38-5/h13-14,16-20H,6-12,15H2,1-5H3,(H,32,33,34)/t17?,18-,19?/m1/s1. The zero-order valence-corrected chi connectivity index (χ0v) is 23.1. The summed E-state index contributed by atoms with van der Waals surface area (Å²) in [5.41, 5.74) is 2.36. The summed E-state index contributed by atoms with van der Waals surface area (Å²) in [6.45, 7) is 9.15. The van der Waals surface area contributed by atoms with E-state index in [-0.39, 0.29) is 23.6 Å². The van der Waals surface area contributed by atoms with E-state index in [0.29, 0.717) is 40.4 Å². The molecule has 0 radical (unpaired) electrons. The van der Waals surface area contributed by atoms with Crippen molar-refractivity contribution in [2.75, 3.05) is 12.4 Å². The van der Waals surface area contributed by atoms with Gasteiger partial charge < -0.3 is 14.6 Å². The topological polar surface area (TPSA) is 94.8 Å². The fourth-order valence-electron chi connectivity index (χ4n) is 5.75. The minimum atomic E-state index is -0.606. The minimum absolute atomic E-state index is 0.000633. The van der Waals surface area contributed by atoms with Crippen molar-refractivity contribution in [2.24, 2.45) is 17.8 Å². The van der Waals surface area contributed by atoms with Crippen LogP contribution < -0.4 is 5.32 Å². The second-order valence-corrected chi connectivity index (χ2v) is 11.6. The predicted molar refractivity (Wildman–Crippen MR) is 145 cm³/mol. The van der Waals surface area contributed by atoms with Crippen LogP contribution in [0.25, 0.3) is 22.7 Å². The number of fused-ring (bicyclic) bond motifs is 1. The van der Waals surface area contributed by atoms with Crippen molar-refractivity contribution < 1.29 is 13.9 Å². The molecule has 0 bridgehead atoms. The Morgan fingerprint density at radius 3 is 2.50 bits per heavy atom. The van der Waals surface area contributed by atoms with Crippen molar-refractivity contribution in [3.8, 4) is 11.5 Å². The fourth-order valence-corrected chi connectivity index (χ4v) is 5.75. The number of hydrogen-bond acceptors (Lipinski definition) is 7. The van der Waals surface area contributed by atoms with Crippen molar-refractivity contribution in [3.05, 3.63) is 29.5 Å². The number of imidazole rings is 1. The number of carbonyl (C=O) groups is 1. The lowest BCUT2D eigenvalue weighted by Crippen LogP contribution is -2.31. The number of ether oxygens (including phenoxy) is 1. The first-order chi connectivity index (χ1) is 18.2. The van der Waals surface area contributed by atoms with Gasteiger partial charge in [0, 0.05) is 12.6 Å². The van der Waals surface area contributed by atoms with Crippen LogP contribution in [0, 0.1) is 23.6 Å². The van der Waals surface area contributed by atoms with Crippen LogP contribution in [0.4, 0.5) is 10.2 Å². The predicted octanol–water partition coefficient (Wildman–Crippen LogP) is 6.36.